The van der Waals surface area contributed by atoms with Crippen LogP contribution in [0.3, 0.4) is 0 Å². The molecule has 1 aliphatic carbocycles. The van der Waals surface area contributed by atoms with Crippen LogP contribution in [0, 0.1) is 25.2 Å². The van der Waals surface area contributed by atoms with Crippen molar-refractivity contribution in [2.45, 2.75) is 76.5 Å². The molecule has 1 aromatic heterocycles. The second-order valence-corrected chi connectivity index (χ2v) is 12.2. The van der Waals surface area contributed by atoms with Gasteiger partial charge in [0.1, 0.15) is 12.4 Å². The number of likely N-dealkylation sites (N-methyl/N-ethyl adjacent to an activating group) is 1. The first-order valence-electron chi connectivity index (χ1n) is 14.9. The highest BCUT2D eigenvalue weighted by molar-refractivity contribution is 5.87. The van der Waals surface area contributed by atoms with Gasteiger partial charge in [-0.1, -0.05) is 18.7 Å². The van der Waals surface area contributed by atoms with Crippen molar-refractivity contribution in [1.29, 1.82) is 5.26 Å². The van der Waals surface area contributed by atoms with Gasteiger partial charge in [0, 0.05) is 48.9 Å². The molecule has 3 aliphatic heterocycles. The molecule has 9 nitrogen and oxygen atoms in total. The monoisotopic (exact) mass is 555 g/mol. The Balaban J connectivity index is 1.36. The number of piperazine rings is 1. The Morgan fingerprint density at radius 2 is 2.05 bits per heavy atom. The molecule has 6 rings (SSSR count). The molecule has 4 aliphatic rings. The summed E-state index contributed by atoms with van der Waals surface area (Å²) in [5, 5.41) is 9.55. The van der Waals surface area contributed by atoms with Crippen molar-refractivity contribution in [3.05, 3.63) is 53.2 Å². The van der Waals surface area contributed by atoms with Crippen LogP contribution in [0.15, 0.2) is 30.9 Å². The number of likely N-dealkylation sites (tertiary alicyclic amines) is 1. The van der Waals surface area contributed by atoms with Gasteiger partial charge < -0.3 is 24.3 Å². The number of ether oxygens (including phenoxy) is 1. The van der Waals surface area contributed by atoms with Gasteiger partial charge >= 0.3 is 6.01 Å². The van der Waals surface area contributed by atoms with Crippen LogP contribution in [0.25, 0.3) is 0 Å². The molecule has 0 radical (unpaired) electrons. The number of amides is 1. The van der Waals surface area contributed by atoms with E-state index < -0.39 is 0 Å². The molecular weight excluding hydrogens is 514 g/mol. The van der Waals surface area contributed by atoms with Crippen LogP contribution in [0.4, 0.5) is 11.5 Å². The second-order valence-electron chi connectivity index (χ2n) is 12.2. The molecule has 2 saturated heterocycles. The summed E-state index contributed by atoms with van der Waals surface area (Å²) < 4.78 is 6.32. The molecule has 41 heavy (non-hydrogen) atoms. The average Bonchev–Trinajstić information content (AvgIpc) is 3.62. The number of rotatable bonds is 7. The van der Waals surface area contributed by atoms with Gasteiger partial charge in [-0.25, -0.2) is 0 Å². The number of anilines is 2. The first kappa shape index (κ1) is 27.5. The molecule has 0 bridgehead atoms. The molecule has 2 aromatic rings. The van der Waals surface area contributed by atoms with Crippen molar-refractivity contribution in [3.63, 3.8) is 0 Å². The molecule has 1 spiro atoms. The molecule has 9 heteroatoms. The third-order valence-electron chi connectivity index (χ3n) is 9.77. The fraction of sp³-hybridized carbons (Fsp3) is 0.562. The van der Waals surface area contributed by atoms with Crippen molar-refractivity contribution >= 4 is 17.4 Å². The zero-order valence-electron chi connectivity index (χ0n) is 24.6. The lowest BCUT2D eigenvalue weighted by molar-refractivity contribution is -0.128. The molecule has 0 unspecified atom stereocenters. The Labute approximate surface area is 243 Å². The normalized spacial score (nSPS) is 23.3. The van der Waals surface area contributed by atoms with Gasteiger partial charge in [0.25, 0.3) is 0 Å². The summed E-state index contributed by atoms with van der Waals surface area (Å²) in [6.07, 6.45) is 7.08. The molecule has 216 valence electrons. The van der Waals surface area contributed by atoms with Crippen LogP contribution >= 0.6 is 0 Å². The van der Waals surface area contributed by atoms with Crippen LogP contribution in [-0.4, -0.2) is 83.1 Å². The van der Waals surface area contributed by atoms with E-state index in [1.807, 2.05) is 0 Å². The topological polar surface area (TPSA) is 88.8 Å². The zero-order chi connectivity index (χ0) is 28.7. The highest BCUT2D eigenvalue weighted by Crippen LogP contribution is 2.52. The summed E-state index contributed by atoms with van der Waals surface area (Å²) in [6.45, 7) is 12.2. The smallest absolute Gasteiger partial charge is 0.318 e. The molecule has 0 N–H and O–H groups in total. The summed E-state index contributed by atoms with van der Waals surface area (Å²) in [4.78, 5) is 31.6. The summed E-state index contributed by atoms with van der Waals surface area (Å²) in [7, 11) is 2.15. The van der Waals surface area contributed by atoms with Gasteiger partial charge in [-0.2, -0.15) is 15.2 Å². The number of hydrogen-bond donors (Lipinski definition) is 0. The van der Waals surface area contributed by atoms with E-state index in [1.54, 1.807) is 4.90 Å². The van der Waals surface area contributed by atoms with Crippen LogP contribution < -0.4 is 14.5 Å². The Kier molecular flexibility index (Phi) is 7.37. The first-order chi connectivity index (χ1) is 19.8. The van der Waals surface area contributed by atoms with E-state index in [0.29, 0.717) is 44.8 Å². The van der Waals surface area contributed by atoms with Crippen molar-refractivity contribution in [2.24, 2.45) is 0 Å². The van der Waals surface area contributed by atoms with Crippen LogP contribution in [-0.2, 0) is 17.8 Å². The Morgan fingerprint density at radius 1 is 1.22 bits per heavy atom. The Morgan fingerprint density at radius 3 is 2.76 bits per heavy atom. The number of hydrogen-bond acceptors (Lipinski definition) is 8. The Bertz CT molecular complexity index is 1380. The molecule has 1 aromatic carbocycles. The fourth-order valence-corrected chi connectivity index (χ4v) is 6.93. The number of fused-ring (bicyclic) bond motifs is 1. The van der Waals surface area contributed by atoms with E-state index in [1.165, 1.54) is 34.9 Å². The number of aryl methyl sites for hydroxylation is 1. The van der Waals surface area contributed by atoms with Crippen molar-refractivity contribution in [2.75, 3.05) is 49.6 Å². The quantitative estimate of drug-likeness (QED) is 0.477. The number of carbonyl (C=O) groups is 1. The Hall–Kier alpha value is -3.64. The maximum Gasteiger partial charge on any atom is 0.318 e. The van der Waals surface area contributed by atoms with Crippen LogP contribution in [0.2, 0.25) is 0 Å². The highest BCUT2D eigenvalue weighted by Gasteiger charge is 2.52. The van der Waals surface area contributed by atoms with Crippen molar-refractivity contribution in [3.8, 4) is 12.1 Å². The van der Waals surface area contributed by atoms with E-state index in [9.17, 15) is 10.1 Å². The van der Waals surface area contributed by atoms with Crippen molar-refractivity contribution in [1.82, 2.24) is 19.8 Å². The second kappa shape index (κ2) is 11.0. The average molecular weight is 556 g/mol. The predicted octanol–water partition coefficient (Wildman–Crippen LogP) is 3.78. The van der Waals surface area contributed by atoms with E-state index in [0.717, 1.165) is 43.7 Å². The molecule has 4 heterocycles. The van der Waals surface area contributed by atoms with Gasteiger partial charge in [-0.15, -0.1) is 0 Å². The largest absolute Gasteiger partial charge is 0.462 e. The van der Waals surface area contributed by atoms with E-state index in [4.69, 9.17) is 14.7 Å². The lowest BCUT2D eigenvalue weighted by Gasteiger charge is -2.44. The predicted molar refractivity (Wildman–Crippen MR) is 159 cm³/mol. The summed E-state index contributed by atoms with van der Waals surface area (Å²) in [5.41, 5.74) is 6.19. The number of aromatic nitrogens is 2. The van der Waals surface area contributed by atoms with Gasteiger partial charge in [0.05, 0.1) is 30.8 Å². The van der Waals surface area contributed by atoms with E-state index in [2.05, 4.69) is 66.4 Å². The summed E-state index contributed by atoms with van der Waals surface area (Å²) in [6, 6.07) is 9.43. The lowest BCUT2D eigenvalue weighted by Crippen LogP contribution is -2.55. The number of carbonyl (C=O) groups excluding carboxylic acids is 1. The zero-order valence-corrected chi connectivity index (χ0v) is 24.6. The molecular formula is C32H41N7O2. The van der Waals surface area contributed by atoms with Crippen molar-refractivity contribution < 1.29 is 9.53 Å². The third kappa shape index (κ3) is 5.14. The SMILES string of the molecule is C=CC(=O)N1CCN(c2nc(OC[C@@H]3CCCN3C)nc3c2CC2(CC2)N(c2cccc(C)c2C)C3)C[C@@H]1CC#N. The maximum atomic E-state index is 12.6. The van der Waals surface area contributed by atoms with Crippen LogP contribution in [0.5, 0.6) is 6.01 Å². The molecule has 1 saturated carbocycles. The molecule has 1 amide bonds. The minimum absolute atomic E-state index is 0.0747. The maximum absolute atomic E-state index is 12.6. The van der Waals surface area contributed by atoms with Gasteiger partial charge in [0.15, 0.2) is 0 Å². The van der Waals surface area contributed by atoms with E-state index >= 15 is 0 Å². The highest BCUT2D eigenvalue weighted by atomic mass is 16.5. The van der Waals surface area contributed by atoms with Crippen LogP contribution in [0.1, 0.15) is 54.5 Å². The summed E-state index contributed by atoms with van der Waals surface area (Å²) in [5.74, 6) is 0.783. The minimum Gasteiger partial charge on any atom is -0.462 e. The number of nitrogens with zero attached hydrogens (tertiary/aromatic N) is 7. The number of nitriles is 1. The van der Waals surface area contributed by atoms with Gasteiger partial charge in [0.2, 0.25) is 5.91 Å². The summed E-state index contributed by atoms with van der Waals surface area (Å²) >= 11 is 0. The first-order valence-corrected chi connectivity index (χ1v) is 14.9. The van der Waals surface area contributed by atoms with Gasteiger partial charge in [-0.3, -0.25) is 4.79 Å². The standard InChI is InChI=1S/C32H41N7O2/c1-5-29(40)38-17-16-37(19-24(38)11-14-33)30-26-18-32(12-13-32)39(28-10-6-8-22(2)23(28)3)20-27(26)34-31(35-30)41-21-25-9-7-15-36(25)4/h5-6,8,10,24-25H,1,7,9,11-13,15-21H2,2-4H3/t24-,25-/m0/s1. The van der Waals surface area contributed by atoms with E-state index in [-0.39, 0.29) is 23.9 Å². The minimum atomic E-state index is -0.216. The number of benzene rings is 1. The molecule has 3 fully saturated rings. The fourth-order valence-electron chi connectivity index (χ4n) is 6.93. The third-order valence-corrected chi connectivity index (χ3v) is 9.77. The molecule has 2 atom stereocenters. The lowest BCUT2D eigenvalue weighted by atomic mass is 9.93. The van der Waals surface area contributed by atoms with Gasteiger partial charge in [-0.05, 0) is 76.4 Å².